The van der Waals surface area contributed by atoms with Crippen LogP contribution in [0.25, 0.3) is 93.3 Å². The first kappa shape index (κ1) is 30.9. The molecule has 0 aliphatic rings. The minimum atomic E-state index is 0.873. The number of furan rings is 2. The number of hydrogen-bond acceptors (Lipinski definition) is 3. The maximum Gasteiger partial charge on any atom is 0.136 e. The van der Waals surface area contributed by atoms with Gasteiger partial charge in [-0.3, -0.25) is 0 Å². The smallest absolute Gasteiger partial charge is 0.136 e. The fourth-order valence-corrected chi connectivity index (χ4v) is 8.70. The molecule has 0 saturated carbocycles. The fourth-order valence-electron chi connectivity index (χ4n) is 8.70. The number of aromatic nitrogens is 1. The molecule has 4 heteroatoms. The van der Waals surface area contributed by atoms with Gasteiger partial charge < -0.3 is 18.3 Å². The molecule has 12 aromatic rings. The summed E-state index contributed by atoms with van der Waals surface area (Å²) in [5.41, 5.74) is 12.6. The van der Waals surface area contributed by atoms with Gasteiger partial charge in [-0.2, -0.15) is 0 Å². The van der Waals surface area contributed by atoms with E-state index in [4.69, 9.17) is 8.83 Å². The molecule has 9 aromatic carbocycles. The van der Waals surface area contributed by atoms with E-state index in [9.17, 15) is 0 Å². The maximum absolute atomic E-state index is 6.53. The Morgan fingerprint density at radius 2 is 0.875 bits per heavy atom. The highest BCUT2D eigenvalue weighted by molar-refractivity contribution is 6.15. The summed E-state index contributed by atoms with van der Waals surface area (Å²) < 4.78 is 15.1. The highest BCUT2D eigenvalue weighted by atomic mass is 16.3. The molecule has 0 aliphatic heterocycles. The van der Waals surface area contributed by atoms with Crippen molar-refractivity contribution >= 4 is 93.5 Å². The molecule has 56 heavy (non-hydrogen) atoms. The lowest BCUT2D eigenvalue weighted by atomic mass is 10.0. The number of anilines is 3. The quantitative estimate of drug-likeness (QED) is 0.178. The third-order valence-electron chi connectivity index (χ3n) is 11.3. The average Bonchev–Trinajstić information content (AvgIpc) is 3.91. The molecule has 0 amide bonds. The van der Waals surface area contributed by atoms with Gasteiger partial charge in [0.05, 0.1) is 11.0 Å². The Morgan fingerprint density at radius 3 is 1.66 bits per heavy atom. The van der Waals surface area contributed by atoms with Crippen molar-refractivity contribution in [1.82, 2.24) is 4.57 Å². The van der Waals surface area contributed by atoms with Crippen molar-refractivity contribution in [3.8, 4) is 16.8 Å². The van der Waals surface area contributed by atoms with Crippen LogP contribution in [0.15, 0.2) is 203 Å². The SMILES string of the molecule is c1ccc(N(c2ccc(-c3ccc4c(c3)oc3cc5cc6oc7ccccc7c6cc5cc34)cc2)c2ccc3c(c2)c2ccccc2n3-c2ccccc2)cc1. The third kappa shape index (κ3) is 4.73. The molecule has 0 unspecified atom stereocenters. The minimum Gasteiger partial charge on any atom is -0.456 e. The predicted octanol–water partition coefficient (Wildman–Crippen LogP) is 14.9. The predicted molar refractivity (Wildman–Crippen MR) is 233 cm³/mol. The molecule has 12 rings (SSSR count). The first-order valence-corrected chi connectivity index (χ1v) is 19.0. The minimum absolute atomic E-state index is 0.873. The van der Waals surface area contributed by atoms with Crippen LogP contribution < -0.4 is 4.90 Å². The molecule has 0 bridgehead atoms. The summed E-state index contributed by atoms with van der Waals surface area (Å²) >= 11 is 0. The van der Waals surface area contributed by atoms with Gasteiger partial charge in [0.15, 0.2) is 0 Å². The molecule has 0 N–H and O–H groups in total. The Labute approximate surface area is 321 Å². The van der Waals surface area contributed by atoms with Crippen molar-refractivity contribution in [2.75, 3.05) is 4.90 Å². The van der Waals surface area contributed by atoms with Crippen LogP contribution in [0.3, 0.4) is 0 Å². The van der Waals surface area contributed by atoms with Crippen LogP contribution in [0.5, 0.6) is 0 Å². The van der Waals surface area contributed by atoms with Crippen molar-refractivity contribution < 1.29 is 8.83 Å². The topological polar surface area (TPSA) is 34.5 Å². The van der Waals surface area contributed by atoms with Crippen molar-refractivity contribution in [3.63, 3.8) is 0 Å². The molecular weight excluding hydrogens is 685 g/mol. The Balaban J connectivity index is 0.933. The number of rotatable bonds is 5. The molecule has 0 spiro atoms. The van der Waals surface area contributed by atoms with E-state index < -0.39 is 0 Å². The summed E-state index contributed by atoms with van der Waals surface area (Å²) in [5, 5.41) is 9.21. The van der Waals surface area contributed by atoms with Crippen molar-refractivity contribution in [2.24, 2.45) is 0 Å². The van der Waals surface area contributed by atoms with Gasteiger partial charge in [0.1, 0.15) is 22.3 Å². The Kier molecular flexibility index (Phi) is 6.60. The zero-order chi connectivity index (χ0) is 36.7. The second kappa shape index (κ2) is 12.0. The highest BCUT2D eigenvalue weighted by Gasteiger charge is 2.18. The first-order chi connectivity index (χ1) is 27.7. The Bertz CT molecular complexity index is 3460. The number of hydrogen-bond donors (Lipinski definition) is 0. The number of para-hydroxylation sites is 4. The van der Waals surface area contributed by atoms with Crippen LogP contribution in [0.1, 0.15) is 0 Å². The molecule has 0 fully saturated rings. The van der Waals surface area contributed by atoms with Gasteiger partial charge in [0, 0.05) is 55.1 Å². The molecule has 262 valence electrons. The standard InChI is InChI=1S/C52H32N2O2/c1-3-11-37(12-4-1)53(40-24-26-48-44(32-40)41-15-7-9-17-47(41)54(48)38-13-5-2-6-14-38)39-22-19-33(20-23-39)34-21-25-43-46-28-35-27-45-42-16-8-10-18-49(42)55-51(45)30-36(35)31-52(46)56-50(43)29-34/h1-32H. The molecule has 4 nitrogen and oxygen atoms in total. The molecule has 0 aliphatic carbocycles. The van der Waals surface area contributed by atoms with Gasteiger partial charge in [-0.05, 0) is 125 Å². The zero-order valence-electron chi connectivity index (χ0n) is 30.2. The number of fused-ring (bicyclic) bond motifs is 10. The van der Waals surface area contributed by atoms with Crippen LogP contribution in [0, 0.1) is 0 Å². The van der Waals surface area contributed by atoms with E-state index in [1.165, 1.54) is 27.2 Å². The van der Waals surface area contributed by atoms with E-state index in [1.54, 1.807) is 0 Å². The van der Waals surface area contributed by atoms with Gasteiger partial charge in [0.25, 0.3) is 0 Å². The van der Waals surface area contributed by atoms with Gasteiger partial charge >= 0.3 is 0 Å². The second-order valence-electron chi connectivity index (χ2n) is 14.6. The fraction of sp³-hybridized carbons (Fsp3) is 0. The largest absolute Gasteiger partial charge is 0.456 e. The monoisotopic (exact) mass is 716 g/mol. The van der Waals surface area contributed by atoms with Crippen LogP contribution in [0.2, 0.25) is 0 Å². The van der Waals surface area contributed by atoms with Crippen LogP contribution in [-0.4, -0.2) is 4.57 Å². The van der Waals surface area contributed by atoms with E-state index in [1.807, 2.05) is 12.1 Å². The van der Waals surface area contributed by atoms with Crippen molar-refractivity contribution in [3.05, 3.63) is 194 Å². The van der Waals surface area contributed by atoms with E-state index in [0.29, 0.717) is 0 Å². The summed E-state index contributed by atoms with van der Waals surface area (Å²) in [4.78, 5) is 2.34. The van der Waals surface area contributed by atoms with E-state index in [-0.39, 0.29) is 0 Å². The van der Waals surface area contributed by atoms with Crippen LogP contribution >= 0.6 is 0 Å². The summed E-state index contributed by atoms with van der Waals surface area (Å²) in [5.74, 6) is 0. The lowest BCUT2D eigenvalue weighted by molar-refractivity contribution is 0.668. The summed E-state index contributed by atoms with van der Waals surface area (Å²) in [7, 11) is 0. The molecule has 0 atom stereocenters. The number of benzene rings is 9. The summed E-state index contributed by atoms with van der Waals surface area (Å²) in [6.07, 6.45) is 0. The molecule has 3 aromatic heterocycles. The van der Waals surface area contributed by atoms with Crippen molar-refractivity contribution in [1.29, 1.82) is 0 Å². The Morgan fingerprint density at radius 1 is 0.321 bits per heavy atom. The molecule has 0 radical (unpaired) electrons. The lowest BCUT2D eigenvalue weighted by Gasteiger charge is -2.26. The van der Waals surface area contributed by atoms with Gasteiger partial charge in [-0.1, -0.05) is 91.0 Å². The van der Waals surface area contributed by atoms with Gasteiger partial charge in [0.2, 0.25) is 0 Å². The van der Waals surface area contributed by atoms with Crippen LogP contribution in [0.4, 0.5) is 17.1 Å². The van der Waals surface area contributed by atoms with Crippen molar-refractivity contribution in [2.45, 2.75) is 0 Å². The highest BCUT2D eigenvalue weighted by Crippen LogP contribution is 2.41. The summed E-state index contributed by atoms with van der Waals surface area (Å²) in [6, 6.07) is 69.1. The maximum atomic E-state index is 6.53. The van der Waals surface area contributed by atoms with E-state index >= 15 is 0 Å². The Hall–Kier alpha value is -7.56. The molecule has 3 heterocycles. The van der Waals surface area contributed by atoms with E-state index in [0.717, 1.165) is 83.1 Å². The second-order valence-corrected chi connectivity index (χ2v) is 14.6. The van der Waals surface area contributed by atoms with Crippen LogP contribution in [-0.2, 0) is 0 Å². The first-order valence-electron chi connectivity index (χ1n) is 19.0. The normalized spacial score (nSPS) is 11.9. The van der Waals surface area contributed by atoms with Gasteiger partial charge in [-0.25, -0.2) is 0 Å². The van der Waals surface area contributed by atoms with E-state index in [2.05, 4.69) is 191 Å². The summed E-state index contributed by atoms with van der Waals surface area (Å²) in [6.45, 7) is 0. The lowest BCUT2D eigenvalue weighted by Crippen LogP contribution is -2.09. The van der Waals surface area contributed by atoms with Gasteiger partial charge in [-0.15, -0.1) is 0 Å². The third-order valence-corrected chi connectivity index (χ3v) is 11.3. The molecule has 0 saturated heterocycles. The average molecular weight is 717 g/mol. The molecular formula is C52H32N2O2. The zero-order valence-corrected chi connectivity index (χ0v) is 30.2. The number of nitrogens with zero attached hydrogens (tertiary/aromatic N) is 2.